The van der Waals surface area contributed by atoms with Gasteiger partial charge in [-0.2, -0.15) is 0 Å². The number of amides is 1. The molecule has 1 saturated heterocycles. The lowest BCUT2D eigenvalue weighted by atomic mass is 9.99. The summed E-state index contributed by atoms with van der Waals surface area (Å²) in [5.74, 6) is 0.668. The number of carbonyl (C=O) groups is 1. The zero-order valence-corrected chi connectivity index (χ0v) is 14.2. The average Bonchev–Trinajstić information content (AvgIpc) is 2.96. The molecule has 1 N–H and O–H groups in total. The van der Waals surface area contributed by atoms with Crippen LogP contribution in [0.5, 0.6) is 0 Å². The van der Waals surface area contributed by atoms with E-state index >= 15 is 0 Å². The molecular formula is C17H32N2O2. The third kappa shape index (κ3) is 4.35. The molecule has 4 heteroatoms. The van der Waals surface area contributed by atoms with Gasteiger partial charge in [-0.25, -0.2) is 4.79 Å². The van der Waals surface area contributed by atoms with Crippen LogP contribution < -0.4 is 5.32 Å². The van der Waals surface area contributed by atoms with Crippen LogP contribution in [-0.4, -0.2) is 41.8 Å². The quantitative estimate of drug-likeness (QED) is 0.762. The number of carbonyl (C=O) groups excluding carboxylic acids is 1. The molecule has 0 aromatic carbocycles. The van der Waals surface area contributed by atoms with Crippen molar-refractivity contribution >= 4 is 6.09 Å². The first-order valence-electron chi connectivity index (χ1n) is 8.64. The molecule has 0 aromatic heterocycles. The van der Waals surface area contributed by atoms with E-state index in [9.17, 15) is 4.79 Å². The maximum absolute atomic E-state index is 12.5. The van der Waals surface area contributed by atoms with E-state index in [4.69, 9.17) is 4.74 Å². The van der Waals surface area contributed by atoms with Crippen molar-refractivity contribution in [2.24, 2.45) is 5.92 Å². The maximum Gasteiger partial charge on any atom is 0.410 e. The lowest BCUT2D eigenvalue weighted by molar-refractivity contribution is 0.00765. The third-order valence-corrected chi connectivity index (χ3v) is 4.66. The molecule has 4 nitrogen and oxygen atoms in total. The lowest BCUT2D eigenvalue weighted by Gasteiger charge is -2.36. The summed E-state index contributed by atoms with van der Waals surface area (Å²) < 4.78 is 5.61. The van der Waals surface area contributed by atoms with Gasteiger partial charge in [-0.05, 0) is 58.9 Å². The minimum absolute atomic E-state index is 0.116. The SMILES string of the molecule is CCCCCNC[C@@H]1[C@H]2CC[C@H](C2)N1C(=O)OC(C)(C)C. The molecule has 1 heterocycles. The van der Waals surface area contributed by atoms with Crippen LogP contribution in [0.15, 0.2) is 0 Å². The Bertz CT molecular complexity index is 351. The number of rotatable bonds is 6. The van der Waals surface area contributed by atoms with E-state index in [1.165, 1.54) is 32.1 Å². The van der Waals surface area contributed by atoms with Crippen molar-refractivity contribution in [1.29, 1.82) is 0 Å². The standard InChI is InChI=1S/C17H32N2O2/c1-5-6-7-10-18-12-15-13-8-9-14(11-13)19(15)16(20)21-17(2,3)4/h13-15,18H,5-12H2,1-4H3/t13-,14+,15+/m0/s1. The van der Waals surface area contributed by atoms with Crippen LogP contribution in [-0.2, 0) is 4.74 Å². The highest BCUT2D eigenvalue weighted by molar-refractivity contribution is 5.70. The van der Waals surface area contributed by atoms with Gasteiger partial charge in [0, 0.05) is 12.6 Å². The smallest absolute Gasteiger partial charge is 0.410 e. The van der Waals surface area contributed by atoms with Gasteiger partial charge in [0.2, 0.25) is 0 Å². The van der Waals surface area contributed by atoms with Gasteiger partial charge in [0.25, 0.3) is 0 Å². The number of hydrogen-bond donors (Lipinski definition) is 1. The van der Waals surface area contributed by atoms with Crippen LogP contribution >= 0.6 is 0 Å². The number of likely N-dealkylation sites (tertiary alicyclic amines) is 1. The molecule has 1 aliphatic heterocycles. The minimum atomic E-state index is -0.405. The predicted molar refractivity (Wildman–Crippen MR) is 85.4 cm³/mol. The number of nitrogens with one attached hydrogen (secondary N) is 1. The first-order valence-corrected chi connectivity index (χ1v) is 8.64. The van der Waals surface area contributed by atoms with Gasteiger partial charge < -0.3 is 15.0 Å². The molecule has 122 valence electrons. The summed E-state index contributed by atoms with van der Waals surface area (Å²) in [7, 11) is 0. The fourth-order valence-corrected chi connectivity index (χ4v) is 3.71. The summed E-state index contributed by atoms with van der Waals surface area (Å²) in [6, 6.07) is 0.743. The first kappa shape index (κ1) is 16.6. The second kappa shape index (κ2) is 6.99. The molecule has 0 unspecified atom stereocenters. The van der Waals surface area contributed by atoms with Crippen molar-refractivity contribution in [2.75, 3.05) is 13.1 Å². The fraction of sp³-hybridized carbons (Fsp3) is 0.941. The van der Waals surface area contributed by atoms with Gasteiger partial charge in [-0.1, -0.05) is 19.8 Å². The molecule has 2 fully saturated rings. The first-order chi connectivity index (χ1) is 9.92. The number of piperidine rings is 1. The molecule has 0 aromatic rings. The Balaban J connectivity index is 1.87. The maximum atomic E-state index is 12.5. The number of nitrogens with zero attached hydrogens (tertiary/aromatic N) is 1. The van der Waals surface area contributed by atoms with Gasteiger partial charge >= 0.3 is 6.09 Å². The Morgan fingerprint density at radius 3 is 2.71 bits per heavy atom. The Kier molecular flexibility index (Phi) is 5.53. The summed E-state index contributed by atoms with van der Waals surface area (Å²) in [6.07, 6.45) is 7.22. The highest BCUT2D eigenvalue weighted by Crippen LogP contribution is 2.42. The molecule has 0 spiro atoms. The monoisotopic (exact) mass is 296 g/mol. The highest BCUT2D eigenvalue weighted by atomic mass is 16.6. The number of fused-ring (bicyclic) bond motifs is 2. The molecule has 21 heavy (non-hydrogen) atoms. The number of ether oxygens (including phenoxy) is 1. The van der Waals surface area contributed by atoms with Crippen molar-refractivity contribution < 1.29 is 9.53 Å². The summed E-state index contributed by atoms with van der Waals surface area (Å²) >= 11 is 0. The van der Waals surface area contributed by atoms with Crippen molar-refractivity contribution in [3.8, 4) is 0 Å². The van der Waals surface area contributed by atoms with Gasteiger partial charge in [0.15, 0.2) is 0 Å². The van der Waals surface area contributed by atoms with Crippen LogP contribution in [0, 0.1) is 5.92 Å². The lowest BCUT2D eigenvalue weighted by Crippen LogP contribution is -2.51. The molecule has 2 aliphatic rings. The Labute approximate surface area is 129 Å². The molecule has 0 radical (unpaired) electrons. The molecule has 1 aliphatic carbocycles. The van der Waals surface area contributed by atoms with Crippen molar-refractivity contribution in [3.63, 3.8) is 0 Å². The zero-order valence-electron chi connectivity index (χ0n) is 14.2. The molecular weight excluding hydrogens is 264 g/mol. The van der Waals surface area contributed by atoms with Crippen molar-refractivity contribution in [2.45, 2.75) is 83.9 Å². The van der Waals surface area contributed by atoms with E-state index in [-0.39, 0.29) is 6.09 Å². The molecule has 1 amide bonds. The largest absolute Gasteiger partial charge is 0.444 e. The van der Waals surface area contributed by atoms with E-state index in [2.05, 4.69) is 12.2 Å². The van der Waals surface area contributed by atoms with Crippen LogP contribution in [0.4, 0.5) is 4.79 Å². The summed E-state index contributed by atoms with van der Waals surface area (Å²) in [4.78, 5) is 14.5. The minimum Gasteiger partial charge on any atom is -0.444 e. The van der Waals surface area contributed by atoms with Crippen molar-refractivity contribution in [3.05, 3.63) is 0 Å². The van der Waals surface area contributed by atoms with E-state index in [1.54, 1.807) is 0 Å². The Morgan fingerprint density at radius 1 is 1.29 bits per heavy atom. The molecule has 1 saturated carbocycles. The topological polar surface area (TPSA) is 41.6 Å². The van der Waals surface area contributed by atoms with Crippen LogP contribution in [0.25, 0.3) is 0 Å². The van der Waals surface area contributed by atoms with E-state index in [0.717, 1.165) is 19.5 Å². The molecule has 3 atom stereocenters. The zero-order chi connectivity index (χ0) is 15.5. The number of unbranched alkanes of at least 4 members (excludes halogenated alkanes) is 2. The van der Waals surface area contributed by atoms with Gasteiger partial charge in [-0.15, -0.1) is 0 Å². The molecule has 2 rings (SSSR count). The fourth-order valence-electron chi connectivity index (χ4n) is 3.71. The van der Waals surface area contributed by atoms with Crippen LogP contribution in [0.2, 0.25) is 0 Å². The summed E-state index contributed by atoms with van der Waals surface area (Å²) in [5.41, 5.74) is -0.405. The summed E-state index contributed by atoms with van der Waals surface area (Å²) in [6.45, 7) is 10.0. The Morgan fingerprint density at radius 2 is 2.05 bits per heavy atom. The highest BCUT2D eigenvalue weighted by Gasteiger charge is 2.48. The second-order valence-corrected chi connectivity index (χ2v) is 7.59. The Hall–Kier alpha value is -0.770. The van der Waals surface area contributed by atoms with E-state index in [1.807, 2.05) is 25.7 Å². The van der Waals surface area contributed by atoms with Crippen LogP contribution in [0.3, 0.4) is 0 Å². The average molecular weight is 296 g/mol. The van der Waals surface area contributed by atoms with Gasteiger partial charge in [0.1, 0.15) is 5.60 Å². The van der Waals surface area contributed by atoms with Crippen molar-refractivity contribution in [1.82, 2.24) is 10.2 Å². The van der Waals surface area contributed by atoms with E-state index in [0.29, 0.717) is 18.0 Å². The van der Waals surface area contributed by atoms with Gasteiger partial charge in [-0.3, -0.25) is 0 Å². The predicted octanol–water partition coefficient (Wildman–Crippen LogP) is 3.55. The van der Waals surface area contributed by atoms with E-state index < -0.39 is 5.60 Å². The van der Waals surface area contributed by atoms with Gasteiger partial charge in [0.05, 0.1) is 6.04 Å². The third-order valence-electron chi connectivity index (χ3n) is 4.66. The number of hydrogen-bond acceptors (Lipinski definition) is 3. The van der Waals surface area contributed by atoms with Crippen LogP contribution in [0.1, 0.15) is 66.2 Å². The molecule has 2 bridgehead atoms. The summed E-state index contributed by atoms with van der Waals surface area (Å²) in [5, 5.41) is 3.55. The normalized spacial score (nSPS) is 28.2. The second-order valence-electron chi connectivity index (χ2n) is 7.59.